The minimum Gasteiger partial charge on any atom is -0.295 e. The lowest BCUT2D eigenvalue weighted by atomic mass is 9.98. The number of carbonyl (C=O) groups is 1. The molecule has 21 heavy (non-hydrogen) atoms. The van der Waals surface area contributed by atoms with Crippen LogP contribution in [0.4, 0.5) is 5.13 Å². The Morgan fingerprint density at radius 1 is 1.33 bits per heavy atom. The smallest absolute Gasteiger partial charge is 0.276 e. The molecule has 2 aromatic rings. The Labute approximate surface area is 132 Å². The Morgan fingerprint density at radius 2 is 2.05 bits per heavy atom. The zero-order valence-corrected chi connectivity index (χ0v) is 14.2. The van der Waals surface area contributed by atoms with Gasteiger partial charge in [-0.05, 0) is 12.8 Å². The van der Waals surface area contributed by atoms with Crippen molar-refractivity contribution in [2.75, 3.05) is 5.32 Å². The van der Waals surface area contributed by atoms with Crippen molar-refractivity contribution >= 4 is 33.9 Å². The minimum absolute atomic E-state index is 0.0420. The second-order valence-corrected chi connectivity index (χ2v) is 8.34. The maximum absolute atomic E-state index is 12.2. The lowest BCUT2D eigenvalue weighted by molar-refractivity contribution is 0.102. The first-order valence-corrected chi connectivity index (χ1v) is 8.55. The van der Waals surface area contributed by atoms with Gasteiger partial charge in [0.25, 0.3) is 5.91 Å². The van der Waals surface area contributed by atoms with Gasteiger partial charge in [-0.25, -0.2) is 9.97 Å². The summed E-state index contributed by atoms with van der Waals surface area (Å²) < 4.78 is 4.34. The maximum Gasteiger partial charge on any atom is 0.276 e. The van der Waals surface area contributed by atoms with E-state index in [1.54, 1.807) is 5.38 Å². The standard InChI is InChI=1S/C14H18N4OS2/c1-13(2,3)11-15-8(7-20-11)9(19)16-12-17-10(18-21-12)14(4)5-6-14/h7H,5-6H2,1-4H3,(H,16,17,18,19). The summed E-state index contributed by atoms with van der Waals surface area (Å²) in [6.45, 7) is 8.40. The molecule has 7 heteroatoms. The van der Waals surface area contributed by atoms with E-state index < -0.39 is 0 Å². The molecule has 0 radical (unpaired) electrons. The Kier molecular flexibility index (Phi) is 3.37. The zero-order valence-electron chi connectivity index (χ0n) is 12.6. The highest BCUT2D eigenvalue weighted by molar-refractivity contribution is 7.10. The van der Waals surface area contributed by atoms with E-state index >= 15 is 0 Å². The quantitative estimate of drug-likeness (QED) is 0.937. The highest BCUT2D eigenvalue weighted by Gasteiger charge is 2.42. The van der Waals surface area contributed by atoms with Crippen LogP contribution in [0.3, 0.4) is 0 Å². The zero-order chi connectivity index (χ0) is 15.3. The second kappa shape index (κ2) is 4.84. The van der Waals surface area contributed by atoms with Crippen LogP contribution >= 0.6 is 22.9 Å². The first-order valence-electron chi connectivity index (χ1n) is 6.89. The van der Waals surface area contributed by atoms with Crippen molar-refractivity contribution in [1.82, 2.24) is 14.3 Å². The fourth-order valence-electron chi connectivity index (χ4n) is 1.81. The van der Waals surface area contributed by atoms with Crippen LogP contribution < -0.4 is 5.32 Å². The Balaban J connectivity index is 1.71. The van der Waals surface area contributed by atoms with Crippen LogP contribution in [0.25, 0.3) is 0 Å². The lowest BCUT2D eigenvalue weighted by Gasteiger charge is -2.13. The number of nitrogens with zero attached hydrogens (tertiary/aromatic N) is 3. The van der Waals surface area contributed by atoms with Crippen LogP contribution in [0.1, 0.15) is 61.9 Å². The molecule has 0 bridgehead atoms. The summed E-state index contributed by atoms with van der Waals surface area (Å²) in [5, 5.41) is 6.09. The van der Waals surface area contributed by atoms with Gasteiger partial charge in [-0.3, -0.25) is 10.1 Å². The molecule has 5 nitrogen and oxygen atoms in total. The van der Waals surface area contributed by atoms with E-state index in [2.05, 4.69) is 47.4 Å². The Morgan fingerprint density at radius 3 is 2.62 bits per heavy atom. The van der Waals surface area contributed by atoms with Crippen molar-refractivity contribution in [3.05, 3.63) is 21.9 Å². The van der Waals surface area contributed by atoms with Crippen molar-refractivity contribution in [2.24, 2.45) is 0 Å². The largest absolute Gasteiger partial charge is 0.295 e. The lowest BCUT2D eigenvalue weighted by Crippen LogP contribution is -2.15. The third kappa shape index (κ3) is 2.98. The third-order valence-electron chi connectivity index (χ3n) is 3.56. The molecule has 3 rings (SSSR count). The van der Waals surface area contributed by atoms with Gasteiger partial charge >= 0.3 is 0 Å². The van der Waals surface area contributed by atoms with Crippen LogP contribution in [0, 0.1) is 0 Å². The summed E-state index contributed by atoms with van der Waals surface area (Å²) in [7, 11) is 0. The molecule has 2 aromatic heterocycles. The molecule has 1 aliphatic carbocycles. The molecule has 112 valence electrons. The van der Waals surface area contributed by atoms with Crippen LogP contribution in [0.5, 0.6) is 0 Å². The van der Waals surface area contributed by atoms with E-state index in [-0.39, 0.29) is 16.7 Å². The monoisotopic (exact) mass is 322 g/mol. The Hall–Kier alpha value is -1.34. The predicted molar refractivity (Wildman–Crippen MR) is 85.3 cm³/mol. The molecule has 2 heterocycles. The number of hydrogen-bond acceptors (Lipinski definition) is 6. The molecule has 1 amide bonds. The van der Waals surface area contributed by atoms with Crippen LogP contribution in [-0.2, 0) is 10.8 Å². The van der Waals surface area contributed by atoms with Gasteiger partial charge in [0.05, 0.1) is 5.01 Å². The number of nitrogens with one attached hydrogen (secondary N) is 1. The van der Waals surface area contributed by atoms with E-state index in [0.717, 1.165) is 23.7 Å². The van der Waals surface area contributed by atoms with Gasteiger partial charge in [-0.2, -0.15) is 4.37 Å². The van der Waals surface area contributed by atoms with Gasteiger partial charge in [0.1, 0.15) is 5.69 Å². The van der Waals surface area contributed by atoms with E-state index in [1.165, 1.54) is 22.9 Å². The molecule has 1 N–H and O–H groups in total. The molecule has 1 aliphatic rings. The maximum atomic E-state index is 12.2. The van der Waals surface area contributed by atoms with E-state index in [9.17, 15) is 4.79 Å². The van der Waals surface area contributed by atoms with Crippen molar-refractivity contribution < 1.29 is 4.79 Å². The molecule has 1 fully saturated rings. The molecule has 0 unspecified atom stereocenters. The number of amides is 1. The average molecular weight is 322 g/mol. The fourth-order valence-corrected chi connectivity index (χ4v) is 3.40. The summed E-state index contributed by atoms with van der Waals surface area (Å²) >= 11 is 2.74. The van der Waals surface area contributed by atoms with Crippen molar-refractivity contribution in [3.8, 4) is 0 Å². The number of anilines is 1. The Bertz CT molecular complexity index is 679. The molecule has 1 saturated carbocycles. The number of aromatic nitrogens is 3. The third-order valence-corrected chi connectivity index (χ3v) is 5.46. The van der Waals surface area contributed by atoms with E-state index in [4.69, 9.17) is 0 Å². The molecular formula is C14H18N4OS2. The van der Waals surface area contributed by atoms with Crippen LogP contribution in [0.2, 0.25) is 0 Å². The van der Waals surface area contributed by atoms with Gasteiger partial charge in [-0.15, -0.1) is 11.3 Å². The minimum atomic E-state index is -0.217. The van der Waals surface area contributed by atoms with Gasteiger partial charge in [0.2, 0.25) is 5.13 Å². The first kappa shape index (κ1) is 14.6. The van der Waals surface area contributed by atoms with Gasteiger partial charge in [0, 0.05) is 27.7 Å². The second-order valence-electron chi connectivity index (χ2n) is 6.73. The summed E-state index contributed by atoms with van der Waals surface area (Å²) in [5.74, 6) is 0.627. The number of hydrogen-bond donors (Lipinski definition) is 1. The fraction of sp³-hybridized carbons (Fsp3) is 0.571. The number of carbonyl (C=O) groups excluding carboxylic acids is 1. The summed E-state index contributed by atoms with van der Waals surface area (Å²) in [6, 6.07) is 0. The highest BCUT2D eigenvalue weighted by atomic mass is 32.1. The van der Waals surface area contributed by atoms with Crippen LogP contribution in [0.15, 0.2) is 5.38 Å². The average Bonchev–Trinajstić information content (AvgIpc) is 2.87. The van der Waals surface area contributed by atoms with Gasteiger partial charge in [-0.1, -0.05) is 27.7 Å². The van der Waals surface area contributed by atoms with E-state index in [1.807, 2.05) is 0 Å². The SMILES string of the molecule is CC(C)(C)c1nc(C(=O)Nc2nc(C3(C)CC3)ns2)cs1. The first-order chi connectivity index (χ1) is 9.78. The normalized spacial score (nSPS) is 16.8. The topological polar surface area (TPSA) is 67.8 Å². The van der Waals surface area contributed by atoms with Crippen LogP contribution in [-0.4, -0.2) is 20.2 Å². The van der Waals surface area contributed by atoms with Crippen molar-refractivity contribution in [3.63, 3.8) is 0 Å². The molecule has 0 spiro atoms. The summed E-state index contributed by atoms with van der Waals surface area (Å²) in [4.78, 5) is 21.0. The molecule has 0 aliphatic heterocycles. The number of rotatable bonds is 3. The predicted octanol–water partition coefficient (Wildman–Crippen LogP) is 3.60. The highest BCUT2D eigenvalue weighted by Crippen LogP contribution is 2.46. The summed E-state index contributed by atoms with van der Waals surface area (Å²) in [5.41, 5.74) is 0.526. The van der Waals surface area contributed by atoms with Gasteiger partial charge in [0.15, 0.2) is 5.82 Å². The number of thiazole rings is 1. The summed E-state index contributed by atoms with van der Waals surface area (Å²) in [6.07, 6.45) is 2.25. The molecule has 0 atom stereocenters. The molecule has 0 saturated heterocycles. The van der Waals surface area contributed by atoms with E-state index in [0.29, 0.717) is 10.8 Å². The van der Waals surface area contributed by atoms with Crippen molar-refractivity contribution in [1.29, 1.82) is 0 Å². The van der Waals surface area contributed by atoms with Gasteiger partial charge < -0.3 is 0 Å². The van der Waals surface area contributed by atoms with Crippen molar-refractivity contribution in [2.45, 2.75) is 51.4 Å². The molecule has 0 aromatic carbocycles. The molecular weight excluding hydrogens is 304 g/mol.